The van der Waals surface area contributed by atoms with Gasteiger partial charge in [0.2, 0.25) is 41.4 Å². The van der Waals surface area contributed by atoms with Gasteiger partial charge in [-0.25, -0.2) is 32.2 Å². The number of phosphoric acid groups is 1. The summed E-state index contributed by atoms with van der Waals surface area (Å²) in [5, 5.41) is 44.7. The van der Waals surface area contributed by atoms with Gasteiger partial charge in [0.25, 0.3) is 5.91 Å². The second-order valence-corrected chi connectivity index (χ2v) is 34.9. The molecule has 13 atom stereocenters. The number of ether oxygens (including phenoxy) is 3. The average molecular weight is 1680 g/mol. The molecule has 37 nitrogen and oxygen atoms in total. The zero-order valence-corrected chi connectivity index (χ0v) is 72.1. The van der Waals surface area contributed by atoms with Gasteiger partial charge >= 0.3 is 19.9 Å². The number of methoxy groups -OCH3 is 2. The highest BCUT2D eigenvalue weighted by molar-refractivity contribution is 7.90. The number of anilines is 1. The number of likely N-dealkylation sites (N-methyl/N-ethyl adjacent to an activating group) is 3. The first kappa shape index (κ1) is 98.0. The fraction of sp³-hybridized carbons (Fsp3) is 0.615. The predicted molar refractivity (Wildman–Crippen MR) is 431 cm³/mol. The molecule has 0 saturated carbocycles. The minimum atomic E-state index is -4.62. The lowest BCUT2D eigenvalue weighted by Crippen LogP contribution is -2.60. The van der Waals surface area contributed by atoms with Crippen molar-refractivity contribution >= 4 is 82.7 Å². The number of rotatable bonds is 46. The Morgan fingerprint density at radius 3 is 2.05 bits per heavy atom. The number of likely N-dealkylation sites (tertiary alicyclic amines) is 1. The van der Waals surface area contributed by atoms with E-state index in [1.807, 2.05) is 41.1 Å². The monoisotopic (exact) mass is 1680 g/mol. The fourth-order valence-corrected chi connectivity index (χ4v) is 15.0. The van der Waals surface area contributed by atoms with E-state index in [9.17, 15) is 76.2 Å². The molecule has 1 saturated heterocycles. The lowest BCUT2D eigenvalue weighted by Gasteiger charge is -2.41. The van der Waals surface area contributed by atoms with Gasteiger partial charge in [0.15, 0.2) is 14.9 Å². The Labute approximate surface area is 685 Å². The van der Waals surface area contributed by atoms with E-state index in [4.69, 9.17) is 29.0 Å². The van der Waals surface area contributed by atoms with Crippen molar-refractivity contribution in [1.29, 1.82) is 5.26 Å². The number of urea groups is 1. The Bertz CT molecular complexity index is 4220. The fourth-order valence-electron chi connectivity index (χ4n) is 13.6. The first-order valence-electron chi connectivity index (χ1n) is 39.0. The maximum Gasteiger partial charge on any atom is 0.472 e. The number of phosphoric ester groups is 1. The molecule has 11 amide bonds. The number of benzene rings is 2. The highest BCUT2D eigenvalue weighted by Gasteiger charge is 2.45. The molecule has 4 aromatic rings. The van der Waals surface area contributed by atoms with Crippen LogP contribution in [0.4, 0.5) is 15.3 Å². The number of pyridine rings is 1. The molecule has 0 bridgehead atoms. The summed E-state index contributed by atoms with van der Waals surface area (Å²) < 4.78 is 67.0. The summed E-state index contributed by atoms with van der Waals surface area (Å²) in [4.78, 5) is 159. The van der Waals surface area contributed by atoms with E-state index in [2.05, 4.69) is 47.2 Å². The predicted octanol–water partition coefficient (Wildman–Crippen LogP) is 4.04. The zero-order chi connectivity index (χ0) is 87.6. The Kier molecular flexibility index (Phi) is 38.0. The van der Waals surface area contributed by atoms with E-state index in [-0.39, 0.29) is 86.8 Å². The van der Waals surface area contributed by atoms with Crippen LogP contribution in [-0.2, 0) is 90.9 Å². The SMILES string of the molecule is CC[C@H](C)[C@@H]([C@@H](CC(=O)N1CCC[C@H]1[C@H](OC)[C@@H](C)C(=O)N[C@H](C)[C@@H](O)c1ccccc1)OC)N(C)C(=O)[C@@H](NC(=O)[C@H](C(C)C)N(C)C(=O)OCc1ccc(NC(=O)[C@H](CCCNC(N)=O)NC(=O)[C@@H](NC(=O)Cn2cc(CN(CCOP(=O)(O)OCC[N+](C)(C)C)C(=O)c3cnc(S(C)(=O)=O)c(C#N)c3)nn2)C(C)C)cc1)C(C)C. The molecule has 0 radical (unpaired) electrons. The number of sulfone groups is 1. The summed E-state index contributed by atoms with van der Waals surface area (Å²) in [6.45, 7) is 16.3. The molecule has 1 fully saturated rings. The number of quaternary nitrogens is 1. The second kappa shape index (κ2) is 45.4. The number of hydrogen-bond acceptors (Lipinski definition) is 23. The number of nitrogens with one attached hydrogen (secondary N) is 6. The van der Waals surface area contributed by atoms with Crippen LogP contribution in [0.25, 0.3) is 0 Å². The lowest BCUT2D eigenvalue weighted by molar-refractivity contribution is -0.870. The summed E-state index contributed by atoms with van der Waals surface area (Å²) in [6.07, 6.45) is 1.62. The summed E-state index contributed by atoms with van der Waals surface area (Å²) in [7, 11) is 2.94. The van der Waals surface area contributed by atoms with Gasteiger partial charge < -0.3 is 81.0 Å². The Morgan fingerprint density at radius 1 is 0.821 bits per heavy atom. The number of nitrogens with two attached hydrogens (primary N) is 1. The van der Waals surface area contributed by atoms with Crippen LogP contribution in [-0.4, -0.2) is 271 Å². The van der Waals surface area contributed by atoms with Crippen LogP contribution in [0.5, 0.6) is 0 Å². The number of hydrogen-bond donors (Lipinski definition) is 9. The number of amides is 11. The van der Waals surface area contributed by atoms with Crippen LogP contribution in [0.1, 0.15) is 147 Å². The maximum absolute atomic E-state index is 14.9. The van der Waals surface area contributed by atoms with Crippen LogP contribution >= 0.6 is 7.82 Å². The van der Waals surface area contributed by atoms with Crippen LogP contribution in [0.3, 0.4) is 0 Å². The van der Waals surface area contributed by atoms with Crippen molar-refractivity contribution in [3.63, 3.8) is 0 Å². The summed E-state index contributed by atoms with van der Waals surface area (Å²) in [6, 6.07) is 10.7. The number of aliphatic hydroxyl groups is 1. The summed E-state index contributed by atoms with van der Waals surface area (Å²) in [5.41, 5.74) is 6.11. The van der Waals surface area contributed by atoms with Gasteiger partial charge in [0, 0.05) is 66.1 Å². The van der Waals surface area contributed by atoms with Crippen molar-refractivity contribution in [2.75, 3.05) is 100 Å². The van der Waals surface area contributed by atoms with E-state index < -0.39 is 173 Å². The quantitative estimate of drug-likeness (QED) is 0.0171. The van der Waals surface area contributed by atoms with Gasteiger partial charge in [-0.15, -0.1) is 5.10 Å². The molecular formula is C78H121N17O20PS+. The molecule has 1 aliphatic rings. The molecule has 117 heavy (non-hydrogen) atoms. The van der Waals surface area contributed by atoms with Crippen LogP contribution in [0.15, 0.2) is 78.1 Å². The molecule has 1 unspecified atom stereocenters. The molecule has 648 valence electrons. The van der Waals surface area contributed by atoms with Gasteiger partial charge in [-0.3, -0.25) is 52.3 Å². The molecular weight excluding hydrogens is 1560 g/mol. The third-order valence-electron chi connectivity index (χ3n) is 20.3. The average Bonchev–Trinajstić information content (AvgIpc) is 1.80. The number of carbonyl (C=O) groups excluding carboxylic acids is 10. The first-order valence-corrected chi connectivity index (χ1v) is 42.3. The third-order valence-corrected chi connectivity index (χ3v) is 22.3. The largest absolute Gasteiger partial charge is 0.472 e. The molecule has 5 rings (SSSR count). The Balaban J connectivity index is 1.21. The van der Waals surface area contributed by atoms with E-state index >= 15 is 0 Å². The van der Waals surface area contributed by atoms with E-state index in [1.54, 1.807) is 110 Å². The van der Waals surface area contributed by atoms with Crippen molar-refractivity contribution in [1.82, 2.24) is 66.2 Å². The molecule has 39 heteroatoms. The molecule has 2 aromatic carbocycles. The minimum Gasteiger partial charge on any atom is -0.445 e. The molecule has 1 aliphatic heterocycles. The minimum absolute atomic E-state index is 0.0253. The van der Waals surface area contributed by atoms with Gasteiger partial charge in [0.05, 0.1) is 100 Å². The number of carbonyl (C=O) groups is 10. The number of aliphatic hydroxyl groups excluding tert-OH is 1. The van der Waals surface area contributed by atoms with Crippen molar-refractivity contribution in [3.8, 4) is 6.07 Å². The van der Waals surface area contributed by atoms with Crippen molar-refractivity contribution in [2.24, 2.45) is 35.3 Å². The Morgan fingerprint density at radius 2 is 1.47 bits per heavy atom. The molecule has 3 heterocycles. The van der Waals surface area contributed by atoms with E-state index in [0.717, 1.165) is 33.0 Å². The van der Waals surface area contributed by atoms with Crippen molar-refractivity contribution < 1.29 is 98.7 Å². The van der Waals surface area contributed by atoms with Gasteiger partial charge in [-0.2, -0.15) is 5.26 Å². The van der Waals surface area contributed by atoms with Crippen molar-refractivity contribution in [2.45, 2.75) is 193 Å². The molecule has 0 aliphatic carbocycles. The third kappa shape index (κ3) is 29.8. The standard InChI is InChI=1S/C78H120N17O20PS/c1-19-50(8)67(61(111-16)40-63(97)94-34-24-28-60(94)69(112-17)51(9)70(99)83-52(10)68(98)54-25-21-20-22-26-54)90(11)76(104)65(48(4)5)87-73(102)66(49(6)7)91(12)78(106)113-46-53-29-31-57(32-30-53)84-71(100)59(27-23-33-81-77(80)105)85-72(101)64(47(2)3)86-62(96)45-93-44-58(88-89-93)43-92(35-37-114-116(107,108)115-38-36-95(13,14)15)75(103)56-39-55(41-79)74(82-42-56)117(18,109)110/h20-22,25-26,29-32,39,42,44,47-52,59-61,64-69,98H,19,23-24,27-28,33-38,40,43,45-46H2,1-18H3,(H8-,80,81,83,84,85,86,87,96,99,100,101,102,105,107,108)/p+1/t50-,51+,52+,59-,60-,61+,64-,65-,66-,67-,68+,69+/m0/s1. The van der Waals surface area contributed by atoms with Crippen LogP contribution in [0, 0.1) is 40.9 Å². The Hall–Kier alpha value is -9.58. The van der Waals surface area contributed by atoms with Gasteiger partial charge in [-0.05, 0) is 85.6 Å². The van der Waals surface area contributed by atoms with E-state index in [1.165, 1.54) is 44.5 Å². The number of nitrogens with zero attached hydrogens (tertiary/aromatic N) is 10. The topological polar surface area (TPSA) is 487 Å². The highest BCUT2D eigenvalue weighted by Crippen LogP contribution is 2.43. The summed E-state index contributed by atoms with van der Waals surface area (Å²) in [5.74, 6) is -7.12. The zero-order valence-electron chi connectivity index (χ0n) is 70.3. The highest BCUT2D eigenvalue weighted by atomic mass is 32.2. The molecule has 2 aromatic heterocycles. The molecule has 10 N–H and O–H groups in total. The van der Waals surface area contributed by atoms with Crippen LogP contribution in [0.2, 0.25) is 0 Å². The second-order valence-electron chi connectivity index (χ2n) is 31.5. The van der Waals surface area contributed by atoms with E-state index in [0.29, 0.717) is 48.0 Å². The smallest absolute Gasteiger partial charge is 0.445 e. The van der Waals surface area contributed by atoms with Gasteiger partial charge in [-0.1, -0.05) is 116 Å². The number of nitriles is 1. The normalized spacial score (nSPS) is 16.4. The lowest BCUT2D eigenvalue weighted by atomic mass is 9.89. The first-order chi connectivity index (χ1) is 54.9. The molecule has 0 spiro atoms. The van der Waals surface area contributed by atoms with Crippen molar-refractivity contribution in [3.05, 3.63) is 101 Å². The van der Waals surface area contributed by atoms with Crippen LogP contribution < -0.4 is 37.6 Å². The maximum atomic E-state index is 14.9. The summed E-state index contributed by atoms with van der Waals surface area (Å²) >= 11 is 0. The number of aromatic nitrogens is 4. The number of primary amides is 1. The van der Waals surface area contributed by atoms with Gasteiger partial charge in [0.1, 0.15) is 62.2 Å².